The summed E-state index contributed by atoms with van der Waals surface area (Å²) in [5, 5.41) is 12.8. The molecule has 0 aromatic carbocycles. The van der Waals surface area contributed by atoms with Crippen LogP contribution in [0.15, 0.2) is 0 Å². The first kappa shape index (κ1) is 18.4. The van der Waals surface area contributed by atoms with E-state index in [0.717, 1.165) is 32.1 Å². The van der Waals surface area contributed by atoms with Crippen LogP contribution in [0.25, 0.3) is 0 Å². The Kier molecular flexibility index (Phi) is 7.14. The van der Waals surface area contributed by atoms with Crippen molar-refractivity contribution in [3.05, 3.63) is 0 Å². The summed E-state index contributed by atoms with van der Waals surface area (Å²) in [5.41, 5.74) is -0.393. The van der Waals surface area contributed by atoms with Gasteiger partial charge in [-0.25, -0.2) is 0 Å². The fourth-order valence-electron chi connectivity index (χ4n) is 2.93. The molecule has 1 unspecified atom stereocenters. The van der Waals surface area contributed by atoms with Gasteiger partial charge in [0.1, 0.15) is 5.60 Å². The predicted molar refractivity (Wildman–Crippen MR) is 85.1 cm³/mol. The number of hydrogen-bond acceptors (Lipinski definition) is 4. The van der Waals surface area contributed by atoms with E-state index in [-0.39, 0.29) is 18.5 Å². The van der Waals surface area contributed by atoms with Crippen LogP contribution in [-0.4, -0.2) is 35.4 Å². The van der Waals surface area contributed by atoms with Crippen molar-refractivity contribution < 1.29 is 14.6 Å². The monoisotopic (exact) mass is 299 g/mol. The molecule has 0 spiro atoms. The molecule has 0 amide bonds. The lowest BCUT2D eigenvalue weighted by molar-refractivity contribution is -0.161. The van der Waals surface area contributed by atoms with Crippen LogP contribution in [0.4, 0.5) is 0 Å². The van der Waals surface area contributed by atoms with Crippen LogP contribution in [0.1, 0.15) is 66.7 Å². The minimum absolute atomic E-state index is 0.0447. The molecule has 1 atom stereocenters. The Morgan fingerprint density at radius 2 is 1.81 bits per heavy atom. The first-order chi connectivity index (χ1) is 9.73. The number of aliphatic hydroxyl groups is 1. The molecule has 0 aromatic heterocycles. The van der Waals surface area contributed by atoms with Crippen molar-refractivity contribution in [3.63, 3.8) is 0 Å². The Balaban J connectivity index is 2.39. The van der Waals surface area contributed by atoms with Gasteiger partial charge in [0.2, 0.25) is 0 Å². The lowest BCUT2D eigenvalue weighted by atomic mass is 9.85. The molecule has 1 rings (SSSR count). The maximum absolute atomic E-state index is 12.1. The Morgan fingerprint density at radius 3 is 2.24 bits per heavy atom. The molecule has 0 aromatic rings. The van der Waals surface area contributed by atoms with Gasteiger partial charge < -0.3 is 15.2 Å². The summed E-state index contributed by atoms with van der Waals surface area (Å²) in [6.07, 6.45) is 4.62. The third kappa shape index (κ3) is 6.79. The van der Waals surface area contributed by atoms with Gasteiger partial charge in [-0.3, -0.25) is 4.79 Å². The van der Waals surface area contributed by atoms with Crippen molar-refractivity contribution in [2.24, 2.45) is 11.8 Å². The maximum Gasteiger partial charge on any atom is 0.309 e. The number of rotatable bonds is 6. The molecule has 2 N–H and O–H groups in total. The zero-order valence-electron chi connectivity index (χ0n) is 14.3. The molecule has 1 saturated carbocycles. The Morgan fingerprint density at radius 1 is 1.24 bits per heavy atom. The third-order valence-corrected chi connectivity index (χ3v) is 4.16. The van der Waals surface area contributed by atoms with Gasteiger partial charge in [-0.1, -0.05) is 13.8 Å². The highest BCUT2D eigenvalue weighted by molar-refractivity contribution is 5.73. The minimum atomic E-state index is -0.393. The SMILES string of the molecule is CC(C)C(CCO)NC1CCC(C(=O)OC(C)(C)C)CC1. The average molecular weight is 299 g/mol. The van der Waals surface area contributed by atoms with Gasteiger partial charge >= 0.3 is 5.97 Å². The fourth-order valence-corrected chi connectivity index (χ4v) is 2.93. The number of hydrogen-bond donors (Lipinski definition) is 2. The molecule has 0 radical (unpaired) electrons. The second-order valence-corrected chi connectivity index (χ2v) is 7.61. The number of carbonyl (C=O) groups excluding carboxylic acids is 1. The Labute approximate surface area is 129 Å². The van der Waals surface area contributed by atoms with E-state index in [1.165, 1.54) is 0 Å². The lowest BCUT2D eigenvalue weighted by Gasteiger charge is -2.33. The van der Waals surface area contributed by atoms with Crippen LogP contribution in [0, 0.1) is 11.8 Å². The van der Waals surface area contributed by atoms with E-state index in [4.69, 9.17) is 9.84 Å². The summed E-state index contributed by atoms with van der Waals surface area (Å²) in [7, 11) is 0. The van der Waals surface area contributed by atoms with Crippen LogP contribution in [0.3, 0.4) is 0 Å². The van der Waals surface area contributed by atoms with Gasteiger partial charge in [0.05, 0.1) is 5.92 Å². The van der Waals surface area contributed by atoms with E-state index >= 15 is 0 Å². The van der Waals surface area contributed by atoms with Crippen molar-refractivity contribution in [1.82, 2.24) is 5.32 Å². The van der Waals surface area contributed by atoms with Gasteiger partial charge in [0, 0.05) is 18.7 Å². The molecule has 4 nitrogen and oxygen atoms in total. The topological polar surface area (TPSA) is 58.6 Å². The van der Waals surface area contributed by atoms with E-state index in [1.54, 1.807) is 0 Å². The molecule has 0 heterocycles. The van der Waals surface area contributed by atoms with Crippen LogP contribution < -0.4 is 5.32 Å². The first-order valence-electron chi connectivity index (χ1n) is 8.32. The van der Waals surface area contributed by atoms with Crippen LogP contribution in [-0.2, 0) is 9.53 Å². The lowest BCUT2D eigenvalue weighted by Crippen LogP contribution is -2.44. The van der Waals surface area contributed by atoms with Crippen LogP contribution >= 0.6 is 0 Å². The van der Waals surface area contributed by atoms with Crippen molar-refractivity contribution in [2.45, 2.75) is 84.4 Å². The Hall–Kier alpha value is -0.610. The molecule has 1 fully saturated rings. The van der Waals surface area contributed by atoms with E-state index in [0.29, 0.717) is 18.0 Å². The summed E-state index contributed by atoms with van der Waals surface area (Å²) in [6.45, 7) is 10.3. The summed E-state index contributed by atoms with van der Waals surface area (Å²) in [4.78, 5) is 12.1. The number of esters is 1. The molecule has 1 aliphatic carbocycles. The van der Waals surface area contributed by atoms with E-state index < -0.39 is 5.60 Å². The van der Waals surface area contributed by atoms with E-state index in [2.05, 4.69) is 19.2 Å². The minimum Gasteiger partial charge on any atom is -0.460 e. The van der Waals surface area contributed by atoms with Gasteiger partial charge in [0.15, 0.2) is 0 Å². The molecule has 21 heavy (non-hydrogen) atoms. The molecule has 1 aliphatic rings. The zero-order chi connectivity index (χ0) is 16.0. The molecule has 4 heteroatoms. The molecular formula is C17H33NO3. The second kappa shape index (κ2) is 8.14. The number of carbonyl (C=O) groups is 1. The highest BCUT2D eigenvalue weighted by Gasteiger charge is 2.30. The molecule has 124 valence electrons. The van der Waals surface area contributed by atoms with Crippen molar-refractivity contribution in [3.8, 4) is 0 Å². The highest BCUT2D eigenvalue weighted by Crippen LogP contribution is 2.27. The number of ether oxygens (including phenoxy) is 1. The first-order valence-corrected chi connectivity index (χ1v) is 8.32. The molecule has 0 bridgehead atoms. The van der Waals surface area contributed by atoms with Gasteiger partial charge in [-0.2, -0.15) is 0 Å². The third-order valence-electron chi connectivity index (χ3n) is 4.16. The average Bonchev–Trinajstić information content (AvgIpc) is 2.36. The van der Waals surface area contributed by atoms with E-state index in [9.17, 15) is 4.79 Å². The van der Waals surface area contributed by atoms with Crippen molar-refractivity contribution in [1.29, 1.82) is 0 Å². The van der Waals surface area contributed by atoms with Gasteiger partial charge in [0.25, 0.3) is 0 Å². The summed E-state index contributed by atoms with van der Waals surface area (Å²) in [6, 6.07) is 0.820. The molecule has 0 aliphatic heterocycles. The quantitative estimate of drug-likeness (QED) is 0.740. The smallest absolute Gasteiger partial charge is 0.309 e. The highest BCUT2D eigenvalue weighted by atomic mass is 16.6. The largest absolute Gasteiger partial charge is 0.460 e. The standard InChI is InChI=1S/C17H33NO3/c1-12(2)15(10-11-19)18-14-8-6-13(7-9-14)16(20)21-17(3,4)5/h12-15,18-19H,6-11H2,1-5H3. The maximum atomic E-state index is 12.1. The van der Waals surface area contributed by atoms with Crippen LogP contribution in [0.2, 0.25) is 0 Å². The summed E-state index contributed by atoms with van der Waals surface area (Å²) < 4.78 is 5.48. The van der Waals surface area contributed by atoms with Gasteiger partial charge in [-0.05, 0) is 58.8 Å². The number of nitrogens with one attached hydrogen (secondary N) is 1. The van der Waals surface area contributed by atoms with Crippen LogP contribution in [0.5, 0.6) is 0 Å². The normalized spacial score (nSPS) is 24.9. The predicted octanol–water partition coefficient (Wildman–Crippen LogP) is 2.88. The zero-order valence-corrected chi connectivity index (χ0v) is 14.3. The molecule has 0 saturated heterocycles. The molecular weight excluding hydrogens is 266 g/mol. The Bertz CT molecular complexity index is 314. The summed E-state index contributed by atoms with van der Waals surface area (Å²) >= 11 is 0. The summed E-state index contributed by atoms with van der Waals surface area (Å²) in [5.74, 6) is 0.523. The van der Waals surface area contributed by atoms with Crippen molar-refractivity contribution >= 4 is 5.97 Å². The second-order valence-electron chi connectivity index (χ2n) is 7.61. The van der Waals surface area contributed by atoms with Gasteiger partial charge in [-0.15, -0.1) is 0 Å². The fraction of sp³-hybridized carbons (Fsp3) is 0.941. The van der Waals surface area contributed by atoms with Crippen molar-refractivity contribution in [2.75, 3.05) is 6.61 Å². The number of aliphatic hydroxyl groups excluding tert-OH is 1. The van der Waals surface area contributed by atoms with E-state index in [1.807, 2.05) is 20.8 Å².